The van der Waals surface area contributed by atoms with Crippen molar-refractivity contribution in [2.75, 3.05) is 18.5 Å². The van der Waals surface area contributed by atoms with Crippen molar-refractivity contribution in [3.05, 3.63) is 311 Å². The second-order valence-electron chi connectivity index (χ2n) is 17.8. The van der Waals surface area contributed by atoms with Crippen LogP contribution in [0, 0.1) is 0 Å². The fourth-order valence-corrected chi connectivity index (χ4v) is 34.9. The molecule has 0 aliphatic rings. The summed E-state index contributed by atoms with van der Waals surface area (Å²) < 4.78 is 44.9. The topological polar surface area (TPSA) is 44.8 Å². The molecule has 0 aliphatic heterocycles. The second kappa shape index (κ2) is 20.4. The van der Waals surface area contributed by atoms with Gasteiger partial charge in [-0.05, 0) is 0 Å². The van der Waals surface area contributed by atoms with Gasteiger partial charge in [-0.15, -0.1) is 0 Å². The Labute approximate surface area is 420 Å². The Balaban J connectivity index is 1.57. The number of allylic oxidation sites excluding steroid dienone is 3. The van der Waals surface area contributed by atoms with Gasteiger partial charge >= 0.3 is 423 Å². The molecule has 9 aromatic rings. The first kappa shape index (κ1) is 49.6. The van der Waals surface area contributed by atoms with Crippen LogP contribution in [0.2, 0.25) is 0 Å². The van der Waals surface area contributed by atoms with E-state index in [1.807, 2.05) is 182 Å². The standard InChI is InChI=1S/C63H60O4P4/c1-4-52-69(55-34-16-7-17-35-55,56-36-18-8-19-37-56,57-38-20-9-21-39-57)65-68(64,66-70(53-5-2,58-40-22-10-23-41-58,59-42-24-11-25-43-59)60-44-26-12-27-45-60)67-71(54-6-3,61-46-28-13-29-47-61,62-48-30-14-31-49-62)63-50-32-15-33-51-63/h4-51H,1-3,52-54H2. The third kappa shape index (κ3) is 8.01. The molecule has 8 heteroatoms. The average molecular weight is 1010 g/mol. The zero-order chi connectivity index (χ0) is 49.2. The Morgan fingerprint density at radius 2 is 0.394 bits per heavy atom. The van der Waals surface area contributed by atoms with Gasteiger partial charge in [0.05, 0.1) is 0 Å². The van der Waals surface area contributed by atoms with Crippen LogP contribution in [0.5, 0.6) is 0 Å². The summed E-state index contributed by atoms with van der Waals surface area (Å²) in [4.78, 5) is 0. The van der Waals surface area contributed by atoms with Crippen LogP contribution < -0.4 is 47.7 Å². The van der Waals surface area contributed by atoms with E-state index in [2.05, 4.69) is 129 Å². The van der Waals surface area contributed by atoms with E-state index in [9.17, 15) is 0 Å². The van der Waals surface area contributed by atoms with E-state index in [0.717, 1.165) is 47.7 Å². The third-order valence-corrected chi connectivity index (χ3v) is 36.1. The van der Waals surface area contributed by atoms with Gasteiger partial charge in [0.25, 0.3) is 0 Å². The van der Waals surface area contributed by atoms with Crippen LogP contribution in [0.25, 0.3) is 0 Å². The predicted molar refractivity (Wildman–Crippen MR) is 311 cm³/mol. The van der Waals surface area contributed by atoms with Gasteiger partial charge in [-0.1, -0.05) is 0 Å². The Morgan fingerprint density at radius 3 is 0.507 bits per heavy atom. The average Bonchev–Trinajstić information content (AvgIpc) is 3.45. The van der Waals surface area contributed by atoms with Gasteiger partial charge in [0.1, 0.15) is 0 Å². The van der Waals surface area contributed by atoms with Crippen molar-refractivity contribution in [1.82, 2.24) is 0 Å². The molecule has 0 aromatic heterocycles. The predicted octanol–water partition coefficient (Wildman–Crippen LogP) is 13.0. The Bertz CT molecular complexity index is 2600. The van der Waals surface area contributed by atoms with Crippen molar-refractivity contribution in [3.8, 4) is 0 Å². The summed E-state index contributed by atoms with van der Waals surface area (Å²) in [5, 5.41) is 7.45. The minimum absolute atomic E-state index is 0.235. The maximum atomic E-state index is 19.2. The van der Waals surface area contributed by atoms with Gasteiger partial charge in [0.2, 0.25) is 0 Å². The molecule has 0 atom stereocenters. The van der Waals surface area contributed by atoms with Crippen molar-refractivity contribution < 1.29 is 17.5 Å². The van der Waals surface area contributed by atoms with E-state index in [0.29, 0.717) is 0 Å². The minimum atomic E-state index is -5.33. The van der Waals surface area contributed by atoms with Crippen LogP contribution in [0.15, 0.2) is 311 Å². The van der Waals surface area contributed by atoms with Crippen molar-refractivity contribution >= 4 is 76.1 Å². The molecule has 0 spiro atoms. The molecule has 0 bridgehead atoms. The second-order valence-corrected chi connectivity index (χ2v) is 33.6. The molecule has 356 valence electrons. The Kier molecular flexibility index (Phi) is 14.2. The van der Waals surface area contributed by atoms with Crippen LogP contribution in [0.4, 0.5) is 0 Å². The van der Waals surface area contributed by atoms with Gasteiger partial charge in [-0.2, -0.15) is 0 Å². The van der Waals surface area contributed by atoms with Crippen LogP contribution in [0.1, 0.15) is 0 Å². The van der Waals surface area contributed by atoms with E-state index in [-0.39, 0.29) is 18.5 Å². The molecule has 9 aromatic carbocycles. The molecule has 0 radical (unpaired) electrons. The molecule has 0 saturated carbocycles. The number of benzene rings is 9. The zero-order valence-corrected chi connectivity index (χ0v) is 43.5. The molecular formula is C63H60O4P4. The van der Waals surface area contributed by atoms with Crippen LogP contribution in [0.3, 0.4) is 0 Å². The molecule has 0 fully saturated rings. The van der Waals surface area contributed by atoms with Crippen LogP contribution >= 0.6 is 28.3 Å². The zero-order valence-electron chi connectivity index (χ0n) is 39.9. The molecule has 0 amide bonds. The summed E-state index contributed by atoms with van der Waals surface area (Å²) in [5.74, 6) is 0. The molecule has 71 heavy (non-hydrogen) atoms. The van der Waals surface area contributed by atoms with E-state index in [1.54, 1.807) is 0 Å². The first-order valence-corrected chi connectivity index (χ1v) is 32.4. The summed E-state index contributed by atoms with van der Waals surface area (Å²) in [6, 6.07) is 92.0. The number of hydrogen-bond donors (Lipinski definition) is 0. The van der Waals surface area contributed by atoms with Gasteiger partial charge < -0.3 is 0 Å². The van der Waals surface area contributed by atoms with E-state index >= 15 is 4.57 Å². The first-order valence-electron chi connectivity index (χ1n) is 23.9. The fraction of sp³-hybridized carbons (Fsp3) is 0.0476. The SMILES string of the molecule is C=CCP(OP(=O)(OP(CC=C)(c1ccccc1)(c1ccccc1)c1ccccc1)OP(CC=C)(c1ccccc1)(c1ccccc1)c1ccccc1)(c1ccccc1)(c1ccccc1)c1ccccc1. The van der Waals surface area contributed by atoms with Crippen molar-refractivity contribution in [3.63, 3.8) is 0 Å². The number of phosphoric acid groups is 1. The van der Waals surface area contributed by atoms with Gasteiger partial charge in [-0.3, -0.25) is 0 Å². The molecule has 4 nitrogen and oxygen atoms in total. The Morgan fingerprint density at radius 1 is 0.268 bits per heavy atom. The van der Waals surface area contributed by atoms with E-state index in [1.165, 1.54) is 0 Å². The van der Waals surface area contributed by atoms with Gasteiger partial charge in [-0.25, -0.2) is 0 Å². The normalized spacial score (nSPS) is 14.4. The number of hydrogen-bond acceptors (Lipinski definition) is 4. The molecule has 9 rings (SSSR count). The molecule has 0 heterocycles. The van der Waals surface area contributed by atoms with Gasteiger partial charge in [0, 0.05) is 0 Å². The Hall–Kier alpha value is -6.40. The maximum absolute atomic E-state index is 19.2. The van der Waals surface area contributed by atoms with E-state index < -0.39 is 28.3 Å². The molecule has 0 aliphatic carbocycles. The molecular weight excluding hydrogens is 945 g/mol. The summed E-state index contributed by atoms with van der Waals surface area (Å²) >= 11 is 0. The quantitative estimate of drug-likeness (QED) is 0.0531. The summed E-state index contributed by atoms with van der Waals surface area (Å²) in [7, 11) is -5.33. The van der Waals surface area contributed by atoms with Crippen molar-refractivity contribution in [2.24, 2.45) is 0 Å². The molecule has 0 saturated heterocycles. The molecule has 0 N–H and O–H groups in total. The fourth-order valence-electron chi connectivity index (χ4n) is 11.0. The summed E-state index contributed by atoms with van der Waals surface area (Å²) in [5.41, 5.74) is 0. The number of rotatable bonds is 21. The first-order chi connectivity index (χ1) is 34.8. The third-order valence-electron chi connectivity index (χ3n) is 14.0. The monoisotopic (exact) mass is 1000 g/mol. The van der Waals surface area contributed by atoms with E-state index in [4.69, 9.17) is 12.9 Å². The van der Waals surface area contributed by atoms with Crippen molar-refractivity contribution in [2.45, 2.75) is 0 Å². The van der Waals surface area contributed by atoms with Crippen molar-refractivity contribution in [1.29, 1.82) is 0 Å². The van der Waals surface area contributed by atoms with Crippen LogP contribution in [-0.2, 0) is 17.5 Å². The van der Waals surface area contributed by atoms with Gasteiger partial charge in [0.15, 0.2) is 0 Å². The molecule has 0 unspecified atom stereocenters. The summed E-state index contributed by atoms with van der Waals surface area (Å²) in [6.45, 7) is -0.717. The summed E-state index contributed by atoms with van der Waals surface area (Å²) in [6.07, 6.45) is 6.41. The van der Waals surface area contributed by atoms with Crippen LogP contribution in [-0.4, -0.2) is 18.5 Å².